The van der Waals surface area contributed by atoms with Gasteiger partial charge in [0.1, 0.15) is 52.7 Å². The van der Waals surface area contributed by atoms with Crippen molar-refractivity contribution in [2.45, 2.75) is 102 Å². The average Bonchev–Trinajstić information content (AvgIpc) is 3.27. The number of benzene rings is 4. The van der Waals surface area contributed by atoms with Gasteiger partial charge in [-0.25, -0.2) is 87.8 Å². The molecular weight excluding hydrogens is 885 g/mol. The van der Waals surface area contributed by atoms with Crippen LogP contribution >= 0.6 is 0 Å². The van der Waals surface area contributed by atoms with Crippen LogP contribution < -0.4 is 27.2 Å². The lowest BCUT2D eigenvalue weighted by molar-refractivity contribution is -0.796. The summed E-state index contributed by atoms with van der Waals surface area (Å²) in [5.74, 6) is -71.4. The van der Waals surface area contributed by atoms with Crippen molar-refractivity contribution in [3.8, 4) is 0 Å². The van der Waals surface area contributed by atoms with Crippen LogP contribution in [0.1, 0.15) is 90.9 Å². The van der Waals surface area contributed by atoms with E-state index in [1.165, 1.54) is 77.0 Å². The van der Waals surface area contributed by atoms with E-state index in [-0.39, 0.29) is 0 Å². The predicted octanol–water partition coefficient (Wildman–Crippen LogP) is 9.62. The summed E-state index contributed by atoms with van der Waals surface area (Å²) in [6.45, 7) is 4.85. The zero-order chi connectivity index (χ0) is 46.5. The number of nitrogens with two attached hydrogens (primary N) is 1. The third-order valence-corrected chi connectivity index (χ3v) is 12.4. The summed E-state index contributed by atoms with van der Waals surface area (Å²) in [4.78, 5) is 0. The molecule has 2 fully saturated rings. The monoisotopic (exact) mass is 917 g/mol. The van der Waals surface area contributed by atoms with Crippen molar-refractivity contribution in [2.75, 3.05) is 0 Å². The topological polar surface area (TPSA) is 16.6 Å². The van der Waals surface area contributed by atoms with Gasteiger partial charge in [-0.05, 0) is 38.5 Å². The van der Waals surface area contributed by atoms with Crippen molar-refractivity contribution in [3.63, 3.8) is 0 Å². The Labute approximate surface area is 339 Å². The Morgan fingerprint density at radius 3 is 0.613 bits per heavy atom. The molecule has 2 saturated carbocycles. The van der Waals surface area contributed by atoms with Gasteiger partial charge in [0.25, 0.3) is 0 Å². The van der Waals surface area contributed by atoms with Crippen molar-refractivity contribution >= 4 is 28.0 Å². The first-order valence-corrected chi connectivity index (χ1v) is 19.0. The van der Waals surface area contributed by atoms with E-state index in [9.17, 15) is 52.7 Å². The molecule has 0 aromatic heterocycles. The summed E-state index contributed by atoms with van der Waals surface area (Å²) in [6.07, 6.45) is 10.3. The minimum atomic E-state index is -7.22. The predicted molar refractivity (Wildman–Crippen MR) is 183 cm³/mol. The smallest absolute Gasteiger partial charge is 0.200 e. The maximum absolute atomic E-state index is 15.4. The fourth-order valence-corrected chi connectivity index (χ4v) is 9.24. The number of hydrogen-bond donors (Lipinski definition) is 1. The molecule has 0 heterocycles. The van der Waals surface area contributed by atoms with Gasteiger partial charge in [-0.15, -0.1) is 21.9 Å². The summed E-state index contributed by atoms with van der Waals surface area (Å²) in [5, 5.41) is 2.87. The van der Waals surface area contributed by atoms with E-state index in [1.807, 2.05) is 0 Å². The largest absolute Gasteiger partial charge is 0.337 e. The summed E-state index contributed by atoms with van der Waals surface area (Å²) < 4.78 is 294. The lowest BCUT2D eigenvalue weighted by atomic mass is 9.12. The Bertz CT molecular complexity index is 1980. The Hall–Kier alpha value is -4.50. The van der Waals surface area contributed by atoms with Crippen molar-refractivity contribution in [1.29, 1.82) is 0 Å². The van der Waals surface area contributed by atoms with Crippen LogP contribution in [0.2, 0.25) is 0 Å². The van der Waals surface area contributed by atoms with E-state index in [2.05, 4.69) is 19.2 Å². The van der Waals surface area contributed by atoms with Crippen molar-refractivity contribution in [1.82, 2.24) is 0 Å². The summed E-state index contributed by atoms with van der Waals surface area (Å²) >= 11 is 0. The summed E-state index contributed by atoms with van der Waals surface area (Å²) in [7, 11) is 0. The molecule has 0 atom stereocenters. The second-order valence-electron chi connectivity index (χ2n) is 15.5. The molecule has 0 aliphatic heterocycles. The quantitative estimate of drug-likeness (QED) is 0.0786. The molecule has 0 saturated heterocycles. The number of halogens is 20. The number of quaternary nitrogens is 1. The molecule has 0 radical (unpaired) electrons. The van der Waals surface area contributed by atoms with E-state index < -0.39 is 144 Å². The van der Waals surface area contributed by atoms with E-state index in [1.54, 1.807) is 0 Å². The standard InChI is InChI=1S/C24BF20.C16H31N/c26-5-1(6(27)14(35)21(42)13(5)34)25(2-7(28)15(36)22(43)16(37)8(2)29,3-9(30)17(38)23(44)18(39)10(3)31)4-11(32)19(40)24(45)20(41)12(4)33;1-3-15(11-7-5-8-12-15)17-16(4-2)13-9-6-10-14-16/h;17H,3-14H2,1-2H3/q-1;/p+1. The molecule has 0 unspecified atom stereocenters. The molecule has 2 aliphatic carbocycles. The Balaban J connectivity index is 0.000000355. The molecule has 2 N–H and O–H groups in total. The first-order chi connectivity index (χ1) is 28.9. The second kappa shape index (κ2) is 17.9. The van der Waals surface area contributed by atoms with Crippen LogP contribution in [0.3, 0.4) is 0 Å². The molecule has 62 heavy (non-hydrogen) atoms. The molecule has 2 aliphatic rings. The maximum atomic E-state index is 15.4. The normalized spacial score (nSPS) is 16.4. The van der Waals surface area contributed by atoms with E-state index in [4.69, 9.17) is 0 Å². The third-order valence-electron chi connectivity index (χ3n) is 12.4. The van der Waals surface area contributed by atoms with E-state index in [0.717, 1.165) is 0 Å². The first kappa shape index (κ1) is 48.5. The molecule has 0 spiro atoms. The van der Waals surface area contributed by atoms with Crippen LogP contribution in [0.5, 0.6) is 0 Å². The molecule has 6 rings (SSSR count). The van der Waals surface area contributed by atoms with Gasteiger partial charge < -0.3 is 5.32 Å². The van der Waals surface area contributed by atoms with Crippen LogP contribution in [-0.4, -0.2) is 17.2 Å². The molecular formula is C40H32BF20N. The highest BCUT2D eigenvalue weighted by Crippen LogP contribution is 2.34. The molecule has 4 aromatic carbocycles. The molecule has 340 valence electrons. The van der Waals surface area contributed by atoms with Gasteiger partial charge in [0.2, 0.25) is 0 Å². The lowest BCUT2D eigenvalue weighted by Gasteiger charge is -2.45. The van der Waals surface area contributed by atoms with Gasteiger partial charge in [0.05, 0.1) is 11.1 Å². The Morgan fingerprint density at radius 1 is 0.290 bits per heavy atom. The van der Waals surface area contributed by atoms with Crippen molar-refractivity contribution in [3.05, 3.63) is 116 Å². The van der Waals surface area contributed by atoms with Crippen LogP contribution in [-0.2, 0) is 0 Å². The third kappa shape index (κ3) is 7.58. The van der Waals surface area contributed by atoms with Crippen molar-refractivity contribution < 1.29 is 93.1 Å². The first-order valence-electron chi connectivity index (χ1n) is 19.0. The molecule has 0 bridgehead atoms. The second-order valence-corrected chi connectivity index (χ2v) is 15.5. The number of rotatable bonds is 8. The zero-order valence-corrected chi connectivity index (χ0v) is 32.2. The van der Waals surface area contributed by atoms with Gasteiger partial charge in [-0.2, -0.15) is 0 Å². The van der Waals surface area contributed by atoms with Crippen LogP contribution in [0.4, 0.5) is 87.8 Å². The van der Waals surface area contributed by atoms with E-state index in [0.29, 0.717) is 11.1 Å². The summed E-state index contributed by atoms with van der Waals surface area (Å²) in [5.41, 5.74) is -13.1. The lowest BCUT2D eigenvalue weighted by Crippen LogP contribution is -3.06. The zero-order valence-electron chi connectivity index (χ0n) is 32.2. The maximum Gasteiger partial charge on any atom is 0.200 e. The van der Waals surface area contributed by atoms with Crippen LogP contribution in [0.25, 0.3) is 0 Å². The highest BCUT2D eigenvalue weighted by atomic mass is 19.2. The highest BCUT2D eigenvalue weighted by molar-refractivity contribution is 7.20. The minimum Gasteiger partial charge on any atom is -0.337 e. The van der Waals surface area contributed by atoms with Gasteiger partial charge in [-0.3, -0.25) is 0 Å². The van der Waals surface area contributed by atoms with Gasteiger partial charge in [-0.1, -0.05) is 26.7 Å². The van der Waals surface area contributed by atoms with Crippen LogP contribution in [0.15, 0.2) is 0 Å². The molecule has 4 aromatic rings. The molecule has 1 nitrogen and oxygen atoms in total. The number of hydrogen-bond acceptors (Lipinski definition) is 0. The van der Waals surface area contributed by atoms with Crippen molar-refractivity contribution in [2.24, 2.45) is 0 Å². The summed E-state index contributed by atoms with van der Waals surface area (Å²) in [6, 6.07) is 0. The Kier molecular flexibility index (Phi) is 14.0. The fraction of sp³-hybridized carbons (Fsp3) is 0.400. The highest BCUT2D eigenvalue weighted by Gasteiger charge is 2.52. The SMILES string of the molecule is CCC1([NH2+]C2(CC)CCCCC2)CCCCC1.Fc1c(F)c(F)c([B-](c2c(F)c(F)c(F)c(F)c2F)(c2c(F)c(F)c(F)c(F)c2F)c2c(F)c(F)c(F)c(F)c2F)c(F)c1F. The van der Waals surface area contributed by atoms with Gasteiger partial charge in [0.15, 0.2) is 69.8 Å². The van der Waals surface area contributed by atoms with Gasteiger partial charge >= 0.3 is 0 Å². The Morgan fingerprint density at radius 2 is 0.452 bits per heavy atom. The minimum absolute atomic E-state index is 0.617. The molecule has 22 heteroatoms. The van der Waals surface area contributed by atoms with Crippen LogP contribution in [0, 0.1) is 116 Å². The average molecular weight is 917 g/mol. The van der Waals surface area contributed by atoms with E-state index >= 15 is 35.1 Å². The fourth-order valence-electron chi connectivity index (χ4n) is 9.24. The molecule has 0 amide bonds. The van der Waals surface area contributed by atoms with Gasteiger partial charge in [0, 0.05) is 25.7 Å².